The number of carbonyl (C=O) groups is 1. The summed E-state index contributed by atoms with van der Waals surface area (Å²) in [5, 5.41) is 0.483. The molecule has 0 aromatic heterocycles. The van der Waals surface area contributed by atoms with Gasteiger partial charge in [-0.05, 0) is 57.3 Å². The van der Waals surface area contributed by atoms with Crippen molar-refractivity contribution in [2.75, 3.05) is 26.2 Å². The molecule has 2 fully saturated rings. The molecule has 1 aromatic carbocycles. The van der Waals surface area contributed by atoms with Crippen molar-refractivity contribution < 1.29 is 9.18 Å². The number of hydrogen-bond donors (Lipinski definition) is 0. The molecule has 2 aliphatic rings. The van der Waals surface area contributed by atoms with Crippen LogP contribution in [0, 0.1) is 11.7 Å². The second-order valence-electron chi connectivity index (χ2n) is 6.64. The highest BCUT2D eigenvalue weighted by molar-refractivity contribution is 6.31. The second-order valence-corrected chi connectivity index (χ2v) is 7.04. The third-order valence-electron chi connectivity index (χ3n) is 5.05. The largest absolute Gasteiger partial charge is 0.342 e. The van der Waals surface area contributed by atoms with Gasteiger partial charge in [0.1, 0.15) is 5.82 Å². The number of halogens is 2. The highest BCUT2D eigenvalue weighted by Gasteiger charge is 2.29. The quantitative estimate of drug-likeness (QED) is 0.839. The van der Waals surface area contributed by atoms with Crippen LogP contribution in [0.3, 0.4) is 0 Å². The summed E-state index contributed by atoms with van der Waals surface area (Å²) in [6, 6.07) is 4.81. The maximum atomic E-state index is 13.9. The number of likely N-dealkylation sites (tertiary alicyclic amines) is 2. The molecule has 0 aliphatic carbocycles. The number of piperidine rings is 2. The predicted octanol–water partition coefficient (Wildman–Crippen LogP) is 3.70. The zero-order chi connectivity index (χ0) is 16.2. The van der Waals surface area contributed by atoms with Gasteiger partial charge in [-0.2, -0.15) is 0 Å². The lowest BCUT2D eigenvalue weighted by Gasteiger charge is -2.35. The lowest BCUT2D eigenvalue weighted by Crippen LogP contribution is -2.44. The van der Waals surface area contributed by atoms with E-state index in [9.17, 15) is 9.18 Å². The zero-order valence-electron chi connectivity index (χ0n) is 13.4. The third-order valence-corrected chi connectivity index (χ3v) is 5.40. The highest BCUT2D eigenvalue weighted by atomic mass is 35.5. The molecular formula is C18H24ClFN2O. The molecule has 0 saturated carbocycles. The lowest BCUT2D eigenvalue weighted by molar-refractivity contribution is -0.138. The van der Waals surface area contributed by atoms with Gasteiger partial charge in [-0.1, -0.05) is 17.7 Å². The molecule has 0 bridgehead atoms. The van der Waals surface area contributed by atoms with Crippen LogP contribution in [-0.4, -0.2) is 41.9 Å². The third kappa shape index (κ3) is 4.04. The zero-order valence-corrected chi connectivity index (χ0v) is 14.2. The summed E-state index contributed by atoms with van der Waals surface area (Å²) in [6.07, 6.45) is 5.24. The summed E-state index contributed by atoms with van der Waals surface area (Å²) in [4.78, 5) is 16.8. The van der Waals surface area contributed by atoms with Crippen LogP contribution in [0.1, 0.15) is 37.7 Å². The molecule has 126 valence electrons. The van der Waals surface area contributed by atoms with Gasteiger partial charge in [-0.3, -0.25) is 9.69 Å². The van der Waals surface area contributed by atoms with Gasteiger partial charge in [0, 0.05) is 36.1 Å². The van der Waals surface area contributed by atoms with E-state index < -0.39 is 0 Å². The Labute approximate surface area is 142 Å². The average Bonchev–Trinajstić information content (AvgIpc) is 2.59. The average molecular weight is 339 g/mol. The van der Waals surface area contributed by atoms with Crippen LogP contribution in [0.2, 0.25) is 5.02 Å². The fourth-order valence-corrected chi connectivity index (χ4v) is 3.84. The Bertz CT molecular complexity index is 532. The first-order valence-corrected chi connectivity index (χ1v) is 8.97. The Morgan fingerprint density at radius 3 is 2.48 bits per heavy atom. The second kappa shape index (κ2) is 7.63. The van der Waals surface area contributed by atoms with Crippen molar-refractivity contribution in [2.24, 2.45) is 5.92 Å². The summed E-state index contributed by atoms with van der Waals surface area (Å²) < 4.78 is 13.9. The number of amides is 1. The van der Waals surface area contributed by atoms with E-state index in [1.807, 2.05) is 4.90 Å². The van der Waals surface area contributed by atoms with Gasteiger partial charge >= 0.3 is 0 Å². The van der Waals surface area contributed by atoms with E-state index >= 15 is 0 Å². The number of rotatable bonds is 3. The van der Waals surface area contributed by atoms with Gasteiger partial charge in [-0.25, -0.2) is 4.39 Å². The summed E-state index contributed by atoms with van der Waals surface area (Å²) >= 11 is 6.10. The Hall–Kier alpha value is -1.13. The van der Waals surface area contributed by atoms with Crippen molar-refractivity contribution in [2.45, 2.75) is 38.6 Å². The molecule has 3 nitrogen and oxygen atoms in total. The SMILES string of the molecule is O=C(C1CCN(Cc2c(F)cccc2Cl)CC1)N1CCCCC1. The first kappa shape index (κ1) is 16.7. The van der Waals surface area contributed by atoms with Crippen molar-refractivity contribution >= 4 is 17.5 Å². The number of hydrogen-bond acceptors (Lipinski definition) is 2. The standard InChI is InChI=1S/C18H24ClFN2O/c19-16-5-4-6-17(20)15(16)13-21-11-7-14(8-12-21)18(23)22-9-2-1-3-10-22/h4-6,14H,1-3,7-13H2. The van der Waals surface area contributed by atoms with Crippen LogP contribution in [0.25, 0.3) is 0 Å². The fraction of sp³-hybridized carbons (Fsp3) is 0.611. The Morgan fingerprint density at radius 2 is 1.83 bits per heavy atom. The van der Waals surface area contributed by atoms with Gasteiger partial charge < -0.3 is 4.90 Å². The maximum absolute atomic E-state index is 13.9. The maximum Gasteiger partial charge on any atom is 0.225 e. The molecule has 1 amide bonds. The van der Waals surface area contributed by atoms with Gasteiger partial charge in [-0.15, -0.1) is 0 Å². The van der Waals surface area contributed by atoms with Crippen molar-refractivity contribution in [1.29, 1.82) is 0 Å². The van der Waals surface area contributed by atoms with E-state index in [4.69, 9.17) is 11.6 Å². The van der Waals surface area contributed by atoms with Crippen LogP contribution >= 0.6 is 11.6 Å². The smallest absolute Gasteiger partial charge is 0.225 e. The topological polar surface area (TPSA) is 23.6 Å². The lowest BCUT2D eigenvalue weighted by atomic mass is 9.94. The van der Waals surface area contributed by atoms with Gasteiger partial charge in [0.25, 0.3) is 0 Å². The first-order valence-electron chi connectivity index (χ1n) is 8.59. The minimum absolute atomic E-state index is 0.139. The molecule has 0 atom stereocenters. The van der Waals surface area contributed by atoms with E-state index in [1.165, 1.54) is 12.5 Å². The van der Waals surface area contributed by atoms with Crippen LogP contribution in [0.5, 0.6) is 0 Å². The molecule has 3 rings (SSSR count). The molecule has 0 N–H and O–H groups in total. The van der Waals surface area contributed by atoms with E-state index in [2.05, 4.69) is 4.90 Å². The number of nitrogens with zero attached hydrogens (tertiary/aromatic N) is 2. The number of benzene rings is 1. The monoisotopic (exact) mass is 338 g/mol. The Balaban J connectivity index is 1.53. The van der Waals surface area contributed by atoms with Crippen molar-refractivity contribution in [1.82, 2.24) is 9.80 Å². The molecular weight excluding hydrogens is 315 g/mol. The summed E-state index contributed by atoms with van der Waals surface area (Å²) in [5.41, 5.74) is 0.565. The summed E-state index contributed by atoms with van der Waals surface area (Å²) in [6.45, 7) is 4.02. The Morgan fingerprint density at radius 1 is 1.13 bits per heavy atom. The summed E-state index contributed by atoms with van der Waals surface area (Å²) in [7, 11) is 0. The minimum atomic E-state index is -0.246. The fourth-order valence-electron chi connectivity index (χ4n) is 3.62. The first-order chi connectivity index (χ1) is 11.1. The molecule has 1 aromatic rings. The molecule has 2 heterocycles. The molecule has 23 heavy (non-hydrogen) atoms. The highest BCUT2D eigenvalue weighted by Crippen LogP contribution is 2.26. The van der Waals surface area contributed by atoms with E-state index in [1.54, 1.807) is 12.1 Å². The molecule has 0 radical (unpaired) electrons. The number of carbonyl (C=O) groups excluding carboxylic acids is 1. The molecule has 0 unspecified atom stereocenters. The molecule has 2 saturated heterocycles. The Kier molecular flexibility index (Phi) is 5.54. The molecule has 2 aliphatic heterocycles. The van der Waals surface area contributed by atoms with Gasteiger partial charge in [0.05, 0.1) is 0 Å². The van der Waals surface area contributed by atoms with Gasteiger partial charge in [0.2, 0.25) is 5.91 Å². The van der Waals surface area contributed by atoms with Crippen LogP contribution in [-0.2, 0) is 11.3 Å². The van der Waals surface area contributed by atoms with E-state index in [0.29, 0.717) is 23.0 Å². The van der Waals surface area contributed by atoms with Crippen LogP contribution in [0.15, 0.2) is 18.2 Å². The van der Waals surface area contributed by atoms with Crippen molar-refractivity contribution in [3.8, 4) is 0 Å². The minimum Gasteiger partial charge on any atom is -0.342 e. The molecule has 5 heteroatoms. The predicted molar refractivity (Wildman–Crippen MR) is 89.8 cm³/mol. The van der Waals surface area contributed by atoms with Crippen molar-refractivity contribution in [3.05, 3.63) is 34.6 Å². The molecule has 0 spiro atoms. The van der Waals surface area contributed by atoms with E-state index in [-0.39, 0.29) is 11.7 Å². The van der Waals surface area contributed by atoms with Gasteiger partial charge in [0.15, 0.2) is 0 Å². The van der Waals surface area contributed by atoms with Crippen LogP contribution < -0.4 is 0 Å². The summed E-state index contributed by atoms with van der Waals surface area (Å²) in [5.74, 6) is 0.220. The van der Waals surface area contributed by atoms with E-state index in [0.717, 1.165) is 51.9 Å². The van der Waals surface area contributed by atoms with Crippen molar-refractivity contribution in [3.63, 3.8) is 0 Å². The normalized spacial score (nSPS) is 20.7. The van der Waals surface area contributed by atoms with Crippen LogP contribution in [0.4, 0.5) is 4.39 Å².